The molecule has 1 saturated heterocycles. The molecule has 12 heteroatoms. The first-order valence-electron chi connectivity index (χ1n) is 12.6. The number of hydrogen-bond acceptors (Lipinski definition) is 9. The van der Waals surface area contributed by atoms with E-state index >= 15 is 0 Å². The van der Waals surface area contributed by atoms with Crippen LogP contribution in [0.1, 0.15) is 56.6 Å². The van der Waals surface area contributed by atoms with Gasteiger partial charge < -0.3 is 24.7 Å². The SMILES string of the molecule is CC(C)CC(NC(=O)C(Cc1ccccc1)NC(=O)c1cnccn1)B1OC(=O)[C@@H](CC(=O)OC(C)C)O1. The van der Waals surface area contributed by atoms with Crippen LogP contribution in [0.3, 0.4) is 0 Å². The van der Waals surface area contributed by atoms with Crippen LogP contribution in [0.5, 0.6) is 0 Å². The van der Waals surface area contributed by atoms with Gasteiger partial charge in [-0.05, 0) is 31.7 Å². The van der Waals surface area contributed by atoms with Crippen molar-refractivity contribution in [3.8, 4) is 0 Å². The highest BCUT2D eigenvalue weighted by atomic mass is 16.7. The molecule has 0 bridgehead atoms. The van der Waals surface area contributed by atoms with Crippen LogP contribution in [0, 0.1) is 5.92 Å². The molecular weight excluding hydrogens is 491 g/mol. The van der Waals surface area contributed by atoms with Gasteiger partial charge in [0, 0.05) is 18.8 Å². The first-order chi connectivity index (χ1) is 18.1. The zero-order chi connectivity index (χ0) is 27.7. The number of rotatable bonds is 12. The second-order valence-corrected chi connectivity index (χ2v) is 9.72. The Kier molecular flexibility index (Phi) is 10.3. The van der Waals surface area contributed by atoms with Crippen LogP contribution in [-0.2, 0) is 34.9 Å². The molecule has 2 unspecified atom stereocenters. The number of esters is 1. The second kappa shape index (κ2) is 13.7. The van der Waals surface area contributed by atoms with E-state index in [1.807, 2.05) is 44.2 Å². The van der Waals surface area contributed by atoms with Gasteiger partial charge in [0.1, 0.15) is 11.7 Å². The summed E-state index contributed by atoms with van der Waals surface area (Å²) in [5, 5.41) is 5.62. The Balaban J connectivity index is 1.74. The zero-order valence-electron chi connectivity index (χ0n) is 22.0. The lowest BCUT2D eigenvalue weighted by atomic mass is 9.74. The first-order valence-corrected chi connectivity index (χ1v) is 12.6. The van der Waals surface area contributed by atoms with Crippen LogP contribution in [-0.4, -0.2) is 65.0 Å². The van der Waals surface area contributed by atoms with Gasteiger partial charge in [0.2, 0.25) is 5.91 Å². The number of ether oxygens (including phenoxy) is 1. The van der Waals surface area contributed by atoms with Crippen LogP contribution >= 0.6 is 0 Å². The Bertz CT molecular complexity index is 1100. The smallest absolute Gasteiger partial charge is 0.506 e. The molecule has 1 fully saturated rings. The number of carbonyl (C=O) groups is 4. The van der Waals surface area contributed by atoms with Crippen molar-refractivity contribution in [2.24, 2.45) is 5.92 Å². The van der Waals surface area contributed by atoms with Crippen LogP contribution in [0.4, 0.5) is 0 Å². The van der Waals surface area contributed by atoms with Crippen molar-refractivity contribution in [3.63, 3.8) is 0 Å². The van der Waals surface area contributed by atoms with Crippen LogP contribution in [0.15, 0.2) is 48.9 Å². The fourth-order valence-electron chi connectivity index (χ4n) is 3.94. The van der Waals surface area contributed by atoms with E-state index in [1.54, 1.807) is 13.8 Å². The third kappa shape index (κ3) is 8.65. The van der Waals surface area contributed by atoms with Gasteiger partial charge in [-0.1, -0.05) is 44.2 Å². The Morgan fingerprint density at radius 3 is 2.45 bits per heavy atom. The summed E-state index contributed by atoms with van der Waals surface area (Å²) in [6.07, 6.45) is 3.02. The fourth-order valence-corrected chi connectivity index (χ4v) is 3.94. The van der Waals surface area contributed by atoms with Crippen molar-refractivity contribution in [2.45, 2.75) is 71.1 Å². The summed E-state index contributed by atoms with van der Waals surface area (Å²) in [6, 6.07) is 8.27. The number of nitrogens with one attached hydrogen (secondary N) is 2. The largest absolute Gasteiger partial charge is 0.552 e. The molecule has 2 heterocycles. The predicted octanol–water partition coefficient (Wildman–Crippen LogP) is 1.66. The lowest BCUT2D eigenvalue weighted by Gasteiger charge is -2.25. The van der Waals surface area contributed by atoms with Crippen LogP contribution in [0.25, 0.3) is 0 Å². The minimum atomic E-state index is -1.13. The molecule has 0 aliphatic carbocycles. The van der Waals surface area contributed by atoms with E-state index in [2.05, 4.69) is 20.6 Å². The number of carbonyl (C=O) groups excluding carboxylic acids is 4. The Morgan fingerprint density at radius 1 is 1.08 bits per heavy atom. The van der Waals surface area contributed by atoms with Gasteiger partial charge in [0.05, 0.1) is 24.7 Å². The number of aromatic nitrogens is 2. The third-order valence-corrected chi connectivity index (χ3v) is 5.59. The van der Waals surface area contributed by atoms with Crippen molar-refractivity contribution < 1.29 is 33.2 Å². The summed E-state index contributed by atoms with van der Waals surface area (Å²) < 4.78 is 16.2. The van der Waals surface area contributed by atoms with Crippen molar-refractivity contribution in [1.82, 2.24) is 20.6 Å². The monoisotopic (exact) mass is 524 g/mol. The summed E-state index contributed by atoms with van der Waals surface area (Å²) in [5.41, 5.74) is 0.904. The molecule has 1 aromatic carbocycles. The summed E-state index contributed by atoms with van der Waals surface area (Å²) in [5.74, 6) is -2.93. The Morgan fingerprint density at radius 2 is 1.82 bits per heavy atom. The molecule has 0 saturated carbocycles. The van der Waals surface area contributed by atoms with Crippen molar-refractivity contribution >= 4 is 30.9 Å². The highest BCUT2D eigenvalue weighted by molar-refractivity contribution is 6.51. The molecule has 0 radical (unpaired) electrons. The van der Waals surface area contributed by atoms with Crippen molar-refractivity contribution in [2.75, 3.05) is 0 Å². The topological polar surface area (TPSA) is 146 Å². The lowest BCUT2D eigenvalue weighted by Crippen LogP contribution is -2.55. The quantitative estimate of drug-likeness (QED) is 0.313. The summed E-state index contributed by atoms with van der Waals surface area (Å²) in [6.45, 7) is 7.31. The fraction of sp³-hybridized carbons (Fsp3) is 0.462. The minimum Gasteiger partial charge on any atom is -0.506 e. The average molecular weight is 524 g/mol. The van der Waals surface area contributed by atoms with Gasteiger partial charge >= 0.3 is 19.1 Å². The minimum absolute atomic E-state index is 0.0706. The summed E-state index contributed by atoms with van der Waals surface area (Å²) in [4.78, 5) is 58.7. The van der Waals surface area contributed by atoms with Crippen LogP contribution in [0.2, 0.25) is 0 Å². The van der Waals surface area contributed by atoms with Crippen molar-refractivity contribution in [1.29, 1.82) is 0 Å². The second-order valence-electron chi connectivity index (χ2n) is 9.72. The number of amides is 2. The van der Waals surface area contributed by atoms with E-state index in [4.69, 9.17) is 14.0 Å². The van der Waals surface area contributed by atoms with Gasteiger partial charge in [0.15, 0.2) is 6.10 Å². The highest BCUT2D eigenvalue weighted by Gasteiger charge is 2.47. The molecule has 38 heavy (non-hydrogen) atoms. The molecule has 3 rings (SSSR count). The summed E-state index contributed by atoms with van der Waals surface area (Å²) >= 11 is 0. The molecule has 2 N–H and O–H groups in total. The summed E-state index contributed by atoms with van der Waals surface area (Å²) in [7, 11) is -1.10. The number of benzene rings is 1. The van der Waals surface area contributed by atoms with E-state index < -0.39 is 49.0 Å². The molecule has 0 spiro atoms. The van der Waals surface area contributed by atoms with E-state index in [-0.39, 0.29) is 30.6 Å². The predicted molar refractivity (Wildman–Crippen MR) is 137 cm³/mol. The maximum Gasteiger partial charge on any atom is 0.552 e. The van der Waals surface area contributed by atoms with Gasteiger partial charge in [-0.2, -0.15) is 0 Å². The van der Waals surface area contributed by atoms with E-state index in [0.29, 0.717) is 6.42 Å². The normalized spacial score (nSPS) is 16.6. The third-order valence-electron chi connectivity index (χ3n) is 5.59. The van der Waals surface area contributed by atoms with Gasteiger partial charge in [-0.15, -0.1) is 0 Å². The van der Waals surface area contributed by atoms with Gasteiger partial charge in [-0.3, -0.25) is 24.2 Å². The molecule has 2 aromatic rings. The maximum absolute atomic E-state index is 13.5. The molecule has 3 atom stereocenters. The Hall–Kier alpha value is -3.80. The molecule has 1 aliphatic rings. The standard InChI is InChI=1S/C26H33BN4O7/c1-16(2)12-22(27-37-21(26(35)38-27)14-23(32)36-17(3)4)31-24(33)19(13-18-8-6-5-7-9-18)30-25(34)20-15-28-10-11-29-20/h5-11,15-17,19,21-22H,12-14H2,1-4H3,(H,30,34)(H,31,33)/t19?,21-,22?/m1/s1. The lowest BCUT2D eigenvalue weighted by molar-refractivity contribution is -0.152. The molecule has 1 aliphatic heterocycles. The molecule has 11 nitrogen and oxygen atoms in total. The first kappa shape index (κ1) is 28.8. The molecular formula is C26H33BN4O7. The van der Waals surface area contributed by atoms with Crippen molar-refractivity contribution in [3.05, 3.63) is 60.2 Å². The van der Waals surface area contributed by atoms with Gasteiger partial charge in [0.25, 0.3) is 5.91 Å². The van der Waals surface area contributed by atoms with E-state index in [1.165, 1.54) is 18.6 Å². The van der Waals surface area contributed by atoms with E-state index in [0.717, 1.165) is 5.56 Å². The molecule has 1 aromatic heterocycles. The zero-order valence-corrected chi connectivity index (χ0v) is 22.0. The average Bonchev–Trinajstić information content (AvgIpc) is 3.23. The van der Waals surface area contributed by atoms with Crippen LogP contribution < -0.4 is 10.6 Å². The Labute approximate surface area is 222 Å². The van der Waals surface area contributed by atoms with Gasteiger partial charge in [-0.25, -0.2) is 4.98 Å². The molecule has 202 valence electrons. The highest BCUT2D eigenvalue weighted by Crippen LogP contribution is 2.20. The number of hydrogen-bond donors (Lipinski definition) is 2. The maximum atomic E-state index is 13.5. The number of nitrogens with zero attached hydrogens (tertiary/aromatic N) is 2. The van der Waals surface area contributed by atoms with E-state index in [9.17, 15) is 19.2 Å². The molecule has 2 amide bonds.